The fourth-order valence-corrected chi connectivity index (χ4v) is 2.34. The number of hydrogen-bond donors (Lipinski definition) is 2. The molecule has 1 rings (SSSR count). The molecule has 3 heteroatoms. The number of nitrogens with two attached hydrogens (primary N) is 1. The van der Waals surface area contributed by atoms with Gasteiger partial charge in [-0.3, -0.25) is 4.79 Å². The van der Waals surface area contributed by atoms with E-state index >= 15 is 0 Å². The van der Waals surface area contributed by atoms with E-state index in [-0.39, 0.29) is 5.91 Å². The molecule has 0 heterocycles. The van der Waals surface area contributed by atoms with E-state index in [1.807, 2.05) is 0 Å². The minimum absolute atomic E-state index is 0.133. The van der Waals surface area contributed by atoms with Crippen LogP contribution in [0.4, 0.5) is 0 Å². The maximum absolute atomic E-state index is 11.9. The largest absolute Gasteiger partial charge is 0.352 e. The average Bonchev–Trinajstić information content (AvgIpc) is 2.42. The van der Waals surface area contributed by atoms with E-state index in [0.29, 0.717) is 31.3 Å². The molecule has 1 aromatic rings. The van der Waals surface area contributed by atoms with Gasteiger partial charge in [0.1, 0.15) is 0 Å². The van der Waals surface area contributed by atoms with E-state index in [9.17, 15) is 4.79 Å². The Kier molecular flexibility index (Phi) is 7.31. The molecule has 20 heavy (non-hydrogen) atoms. The zero-order valence-corrected chi connectivity index (χ0v) is 13.0. The van der Waals surface area contributed by atoms with E-state index in [1.54, 1.807) is 0 Å². The molecule has 1 aromatic carbocycles. The van der Waals surface area contributed by atoms with Crippen molar-refractivity contribution >= 4 is 5.91 Å². The van der Waals surface area contributed by atoms with Crippen LogP contribution in [0.2, 0.25) is 0 Å². The van der Waals surface area contributed by atoms with Crippen molar-refractivity contribution in [2.45, 2.75) is 46.6 Å². The standard InChI is InChI=1S/C17H28N2O/c1-13(2)16(10-11-18)8-9-17(20)19-12-15-6-4-14(3)5-7-15/h4-7,13,16H,8-12,18H2,1-3H3,(H,19,20). The van der Waals surface area contributed by atoms with Crippen LogP contribution in [0.15, 0.2) is 24.3 Å². The highest BCUT2D eigenvalue weighted by Crippen LogP contribution is 2.20. The number of amides is 1. The molecule has 0 bridgehead atoms. The van der Waals surface area contributed by atoms with E-state index in [4.69, 9.17) is 5.73 Å². The van der Waals surface area contributed by atoms with Crippen molar-refractivity contribution in [3.05, 3.63) is 35.4 Å². The van der Waals surface area contributed by atoms with Crippen LogP contribution in [0.5, 0.6) is 0 Å². The molecule has 3 N–H and O–H groups in total. The molecule has 0 spiro atoms. The van der Waals surface area contributed by atoms with Crippen molar-refractivity contribution in [1.82, 2.24) is 5.32 Å². The van der Waals surface area contributed by atoms with Gasteiger partial charge >= 0.3 is 0 Å². The van der Waals surface area contributed by atoms with Crippen molar-refractivity contribution in [2.24, 2.45) is 17.6 Å². The van der Waals surface area contributed by atoms with Gasteiger partial charge in [0.05, 0.1) is 0 Å². The summed E-state index contributed by atoms with van der Waals surface area (Å²) in [5.41, 5.74) is 8.00. The molecule has 112 valence electrons. The van der Waals surface area contributed by atoms with Crippen LogP contribution in [0, 0.1) is 18.8 Å². The Labute approximate surface area is 122 Å². The Hall–Kier alpha value is -1.35. The number of nitrogens with one attached hydrogen (secondary N) is 1. The van der Waals surface area contributed by atoms with Crippen LogP contribution in [0.1, 0.15) is 44.2 Å². The second kappa shape index (κ2) is 8.75. The second-order valence-corrected chi connectivity index (χ2v) is 5.88. The van der Waals surface area contributed by atoms with Gasteiger partial charge in [-0.05, 0) is 43.7 Å². The molecule has 0 aliphatic rings. The van der Waals surface area contributed by atoms with E-state index < -0.39 is 0 Å². The van der Waals surface area contributed by atoms with Crippen LogP contribution < -0.4 is 11.1 Å². The first-order valence-electron chi connectivity index (χ1n) is 7.55. The first-order chi connectivity index (χ1) is 9.52. The van der Waals surface area contributed by atoms with Gasteiger partial charge in [0.15, 0.2) is 0 Å². The van der Waals surface area contributed by atoms with Crippen molar-refractivity contribution in [1.29, 1.82) is 0 Å². The highest BCUT2D eigenvalue weighted by atomic mass is 16.1. The van der Waals surface area contributed by atoms with Gasteiger partial charge in [-0.2, -0.15) is 0 Å². The van der Waals surface area contributed by atoms with Crippen LogP contribution in [0.25, 0.3) is 0 Å². The van der Waals surface area contributed by atoms with Gasteiger partial charge in [-0.15, -0.1) is 0 Å². The Balaban J connectivity index is 2.31. The van der Waals surface area contributed by atoms with Crippen molar-refractivity contribution in [3.63, 3.8) is 0 Å². The van der Waals surface area contributed by atoms with Crippen LogP contribution >= 0.6 is 0 Å². The summed E-state index contributed by atoms with van der Waals surface area (Å²) < 4.78 is 0. The van der Waals surface area contributed by atoms with Gasteiger partial charge in [-0.1, -0.05) is 43.7 Å². The molecular formula is C17H28N2O. The number of carbonyl (C=O) groups is 1. The van der Waals surface area contributed by atoms with Gasteiger partial charge in [0.25, 0.3) is 0 Å². The van der Waals surface area contributed by atoms with Crippen molar-refractivity contribution in [2.75, 3.05) is 6.54 Å². The van der Waals surface area contributed by atoms with Crippen LogP contribution in [-0.4, -0.2) is 12.5 Å². The Morgan fingerprint density at radius 2 is 1.85 bits per heavy atom. The molecular weight excluding hydrogens is 248 g/mol. The maximum atomic E-state index is 11.9. The van der Waals surface area contributed by atoms with Gasteiger partial charge < -0.3 is 11.1 Å². The molecule has 1 atom stereocenters. The third-order valence-corrected chi connectivity index (χ3v) is 3.83. The maximum Gasteiger partial charge on any atom is 0.220 e. The van der Waals surface area contributed by atoms with Crippen molar-refractivity contribution in [3.8, 4) is 0 Å². The third-order valence-electron chi connectivity index (χ3n) is 3.83. The molecule has 0 aliphatic carbocycles. The third kappa shape index (κ3) is 6.20. The average molecular weight is 276 g/mol. The SMILES string of the molecule is Cc1ccc(CNC(=O)CCC(CCN)C(C)C)cc1. The zero-order valence-electron chi connectivity index (χ0n) is 13.0. The fourth-order valence-electron chi connectivity index (χ4n) is 2.34. The number of rotatable bonds is 8. The first kappa shape index (κ1) is 16.7. The molecule has 0 aromatic heterocycles. The molecule has 1 unspecified atom stereocenters. The summed E-state index contributed by atoms with van der Waals surface area (Å²) in [6, 6.07) is 8.25. The number of aryl methyl sites for hydroxylation is 1. The highest BCUT2D eigenvalue weighted by molar-refractivity contribution is 5.75. The summed E-state index contributed by atoms with van der Waals surface area (Å²) in [5.74, 6) is 1.27. The summed E-state index contributed by atoms with van der Waals surface area (Å²) in [7, 11) is 0. The zero-order chi connectivity index (χ0) is 15.0. The lowest BCUT2D eigenvalue weighted by Gasteiger charge is -2.19. The normalized spacial score (nSPS) is 12.4. The molecule has 1 amide bonds. The highest BCUT2D eigenvalue weighted by Gasteiger charge is 2.14. The Bertz CT molecular complexity index is 398. The molecule has 3 nitrogen and oxygen atoms in total. The molecule has 0 radical (unpaired) electrons. The summed E-state index contributed by atoms with van der Waals surface area (Å²) in [6.07, 6.45) is 2.52. The molecule has 0 saturated heterocycles. The van der Waals surface area contributed by atoms with E-state index in [0.717, 1.165) is 18.4 Å². The fraction of sp³-hybridized carbons (Fsp3) is 0.588. The predicted octanol–water partition coefficient (Wildman–Crippen LogP) is 3.01. The minimum Gasteiger partial charge on any atom is -0.352 e. The summed E-state index contributed by atoms with van der Waals surface area (Å²) in [6.45, 7) is 7.77. The summed E-state index contributed by atoms with van der Waals surface area (Å²) in [4.78, 5) is 11.9. The Morgan fingerprint density at radius 3 is 2.40 bits per heavy atom. The monoisotopic (exact) mass is 276 g/mol. The predicted molar refractivity (Wildman–Crippen MR) is 84.3 cm³/mol. The second-order valence-electron chi connectivity index (χ2n) is 5.88. The lowest BCUT2D eigenvalue weighted by atomic mass is 9.88. The summed E-state index contributed by atoms with van der Waals surface area (Å²) >= 11 is 0. The van der Waals surface area contributed by atoms with E-state index in [1.165, 1.54) is 5.56 Å². The van der Waals surface area contributed by atoms with Crippen LogP contribution in [0.3, 0.4) is 0 Å². The Morgan fingerprint density at radius 1 is 1.20 bits per heavy atom. The first-order valence-corrected chi connectivity index (χ1v) is 7.55. The summed E-state index contributed by atoms with van der Waals surface area (Å²) in [5, 5.41) is 2.98. The smallest absolute Gasteiger partial charge is 0.220 e. The van der Waals surface area contributed by atoms with E-state index in [2.05, 4.69) is 50.4 Å². The number of hydrogen-bond acceptors (Lipinski definition) is 2. The van der Waals surface area contributed by atoms with Gasteiger partial charge in [0.2, 0.25) is 5.91 Å². The molecule has 0 aliphatic heterocycles. The number of carbonyl (C=O) groups excluding carboxylic acids is 1. The quantitative estimate of drug-likeness (QED) is 0.767. The number of benzene rings is 1. The lowest BCUT2D eigenvalue weighted by molar-refractivity contribution is -0.121. The lowest BCUT2D eigenvalue weighted by Crippen LogP contribution is -2.24. The minimum atomic E-state index is 0.133. The topological polar surface area (TPSA) is 55.1 Å². The molecule has 0 saturated carbocycles. The van der Waals surface area contributed by atoms with Gasteiger partial charge in [-0.25, -0.2) is 0 Å². The molecule has 0 fully saturated rings. The van der Waals surface area contributed by atoms with Crippen molar-refractivity contribution < 1.29 is 4.79 Å². The van der Waals surface area contributed by atoms with Gasteiger partial charge in [0, 0.05) is 13.0 Å². The van der Waals surface area contributed by atoms with Crippen LogP contribution in [-0.2, 0) is 11.3 Å².